The second-order valence-corrected chi connectivity index (χ2v) is 7.89. The lowest BCUT2D eigenvalue weighted by atomic mass is 9.95. The molecule has 29 heavy (non-hydrogen) atoms. The molecule has 1 aromatic carbocycles. The minimum absolute atomic E-state index is 0.0142. The Hall–Kier alpha value is -3.02. The fourth-order valence-electron chi connectivity index (χ4n) is 3.61. The van der Waals surface area contributed by atoms with Crippen LogP contribution in [0, 0.1) is 33.6 Å². The lowest BCUT2D eigenvalue weighted by molar-refractivity contribution is -0.121. The van der Waals surface area contributed by atoms with Crippen LogP contribution in [-0.2, 0) is 11.2 Å². The van der Waals surface area contributed by atoms with Gasteiger partial charge in [0.1, 0.15) is 0 Å². The Morgan fingerprint density at radius 1 is 1.03 bits per heavy atom. The van der Waals surface area contributed by atoms with E-state index in [1.807, 2.05) is 52.0 Å². The highest BCUT2D eigenvalue weighted by atomic mass is 16.1. The van der Waals surface area contributed by atoms with Crippen LogP contribution in [0.2, 0.25) is 0 Å². The molecule has 6 heteroatoms. The van der Waals surface area contributed by atoms with Crippen molar-refractivity contribution in [1.29, 1.82) is 0 Å². The normalized spacial score (nSPS) is 12.2. The van der Waals surface area contributed by atoms with Crippen LogP contribution in [0.1, 0.15) is 53.8 Å². The maximum atomic E-state index is 12.9. The van der Waals surface area contributed by atoms with E-state index in [1.165, 1.54) is 0 Å². The Labute approximate surface area is 172 Å². The van der Waals surface area contributed by atoms with Crippen LogP contribution in [0.4, 0.5) is 0 Å². The topological polar surface area (TPSA) is 72.7 Å². The molecule has 1 amide bonds. The molecule has 0 fully saturated rings. The number of amides is 1. The SMILES string of the molecule is Cc1cc(C)nc(-n2nc(C)c(CC(=O)NC(c3ccccc3)C(C)C)c2C)n1. The summed E-state index contributed by atoms with van der Waals surface area (Å²) in [7, 11) is 0. The summed E-state index contributed by atoms with van der Waals surface area (Å²) in [6.07, 6.45) is 0.276. The van der Waals surface area contributed by atoms with Gasteiger partial charge in [-0.05, 0) is 45.2 Å². The Balaban J connectivity index is 1.83. The number of aryl methyl sites for hydroxylation is 3. The minimum Gasteiger partial charge on any atom is -0.349 e. The molecule has 0 radical (unpaired) electrons. The van der Waals surface area contributed by atoms with Crippen LogP contribution in [0.25, 0.3) is 5.95 Å². The van der Waals surface area contributed by atoms with Gasteiger partial charge in [-0.1, -0.05) is 44.2 Å². The second kappa shape index (κ2) is 8.55. The van der Waals surface area contributed by atoms with Gasteiger partial charge in [0.25, 0.3) is 5.95 Å². The smallest absolute Gasteiger partial charge is 0.251 e. The number of carbonyl (C=O) groups excluding carboxylic acids is 1. The van der Waals surface area contributed by atoms with Crippen LogP contribution in [0.15, 0.2) is 36.4 Å². The molecular formula is C23H29N5O. The van der Waals surface area contributed by atoms with E-state index in [0.717, 1.165) is 33.9 Å². The molecule has 2 heterocycles. The van der Waals surface area contributed by atoms with Gasteiger partial charge in [0.05, 0.1) is 18.2 Å². The quantitative estimate of drug-likeness (QED) is 0.690. The Kier molecular flexibility index (Phi) is 6.11. The summed E-state index contributed by atoms with van der Waals surface area (Å²) in [6.45, 7) is 12.0. The summed E-state index contributed by atoms with van der Waals surface area (Å²) in [4.78, 5) is 21.9. The molecule has 152 valence electrons. The summed E-state index contributed by atoms with van der Waals surface area (Å²) in [5.41, 5.74) is 5.53. The average molecular weight is 392 g/mol. The molecule has 0 saturated carbocycles. The van der Waals surface area contributed by atoms with Gasteiger partial charge in [0.15, 0.2) is 0 Å². The molecule has 0 aliphatic carbocycles. The molecule has 3 rings (SSSR count). The summed E-state index contributed by atoms with van der Waals surface area (Å²) in [5.74, 6) is 0.814. The van der Waals surface area contributed by atoms with E-state index in [9.17, 15) is 4.79 Å². The summed E-state index contributed by atoms with van der Waals surface area (Å²) in [6, 6.07) is 12.0. The third kappa shape index (κ3) is 4.70. The molecule has 0 bridgehead atoms. The van der Waals surface area contributed by atoms with Gasteiger partial charge in [0.2, 0.25) is 5.91 Å². The number of nitrogens with one attached hydrogen (secondary N) is 1. The van der Waals surface area contributed by atoms with E-state index < -0.39 is 0 Å². The molecule has 0 spiro atoms. The molecule has 3 aromatic rings. The van der Waals surface area contributed by atoms with E-state index in [0.29, 0.717) is 5.95 Å². The van der Waals surface area contributed by atoms with Gasteiger partial charge < -0.3 is 5.32 Å². The van der Waals surface area contributed by atoms with E-state index in [2.05, 4.69) is 46.4 Å². The number of aromatic nitrogens is 4. The fraction of sp³-hybridized carbons (Fsp3) is 0.391. The van der Waals surface area contributed by atoms with Crippen molar-refractivity contribution in [3.05, 3.63) is 70.3 Å². The lowest BCUT2D eigenvalue weighted by Crippen LogP contribution is -2.33. The Morgan fingerprint density at radius 3 is 2.24 bits per heavy atom. The summed E-state index contributed by atoms with van der Waals surface area (Å²) in [5, 5.41) is 7.80. The number of hydrogen-bond acceptors (Lipinski definition) is 4. The second-order valence-electron chi connectivity index (χ2n) is 7.89. The zero-order valence-electron chi connectivity index (χ0n) is 18.0. The molecule has 0 aliphatic heterocycles. The maximum Gasteiger partial charge on any atom is 0.251 e. The summed E-state index contributed by atoms with van der Waals surface area (Å²) >= 11 is 0. The van der Waals surface area contributed by atoms with Crippen LogP contribution in [0.5, 0.6) is 0 Å². The van der Waals surface area contributed by atoms with Gasteiger partial charge in [-0.3, -0.25) is 4.79 Å². The van der Waals surface area contributed by atoms with Gasteiger partial charge in [-0.25, -0.2) is 14.6 Å². The molecule has 1 atom stereocenters. The number of rotatable bonds is 6. The number of nitrogens with zero attached hydrogens (tertiary/aromatic N) is 4. The molecule has 0 aliphatic rings. The number of benzene rings is 1. The Morgan fingerprint density at radius 2 is 1.66 bits per heavy atom. The van der Waals surface area contributed by atoms with Crippen molar-refractivity contribution in [2.45, 2.75) is 54.0 Å². The third-order valence-electron chi connectivity index (χ3n) is 5.08. The standard InChI is InChI=1S/C23H29N5O/c1-14(2)22(19-10-8-7-9-11-19)26-21(29)13-20-17(5)27-28(18(20)6)23-24-15(3)12-16(4)25-23/h7-12,14,22H,13H2,1-6H3,(H,26,29). The maximum absolute atomic E-state index is 12.9. The molecule has 2 aromatic heterocycles. The molecular weight excluding hydrogens is 362 g/mol. The lowest BCUT2D eigenvalue weighted by Gasteiger charge is -2.23. The van der Waals surface area contributed by atoms with Crippen LogP contribution in [0.3, 0.4) is 0 Å². The van der Waals surface area contributed by atoms with Crippen molar-refractivity contribution in [2.75, 3.05) is 0 Å². The molecule has 1 N–H and O–H groups in total. The number of hydrogen-bond donors (Lipinski definition) is 1. The minimum atomic E-state index is -0.0258. The highest BCUT2D eigenvalue weighted by Crippen LogP contribution is 2.22. The van der Waals surface area contributed by atoms with Crippen molar-refractivity contribution in [1.82, 2.24) is 25.1 Å². The molecule has 0 saturated heterocycles. The monoisotopic (exact) mass is 391 g/mol. The van der Waals surface area contributed by atoms with Gasteiger partial charge in [0, 0.05) is 22.6 Å². The van der Waals surface area contributed by atoms with Crippen molar-refractivity contribution in [2.24, 2.45) is 5.92 Å². The van der Waals surface area contributed by atoms with Crippen LogP contribution < -0.4 is 5.32 Å². The third-order valence-corrected chi connectivity index (χ3v) is 5.08. The first-order valence-electron chi connectivity index (χ1n) is 9.98. The largest absolute Gasteiger partial charge is 0.349 e. The van der Waals surface area contributed by atoms with E-state index in [-0.39, 0.29) is 24.3 Å². The first-order valence-corrected chi connectivity index (χ1v) is 9.98. The van der Waals surface area contributed by atoms with E-state index in [1.54, 1.807) is 4.68 Å². The van der Waals surface area contributed by atoms with Gasteiger partial charge >= 0.3 is 0 Å². The molecule has 1 unspecified atom stereocenters. The first kappa shape index (κ1) is 20.7. The summed E-state index contributed by atoms with van der Waals surface area (Å²) < 4.78 is 1.73. The highest BCUT2D eigenvalue weighted by molar-refractivity contribution is 5.79. The van der Waals surface area contributed by atoms with Crippen LogP contribution >= 0.6 is 0 Å². The first-order chi connectivity index (χ1) is 13.8. The Bertz CT molecular complexity index is 987. The van der Waals surface area contributed by atoms with Gasteiger partial charge in [-0.2, -0.15) is 5.10 Å². The zero-order chi connectivity index (χ0) is 21.1. The van der Waals surface area contributed by atoms with Crippen molar-refractivity contribution >= 4 is 5.91 Å². The van der Waals surface area contributed by atoms with Gasteiger partial charge in [-0.15, -0.1) is 0 Å². The van der Waals surface area contributed by atoms with E-state index >= 15 is 0 Å². The van der Waals surface area contributed by atoms with Crippen molar-refractivity contribution < 1.29 is 4.79 Å². The highest BCUT2D eigenvalue weighted by Gasteiger charge is 2.21. The molecule has 6 nitrogen and oxygen atoms in total. The predicted molar refractivity (Wildman–Crippen MR) is 114 cm³/mol. The predicted octanol–water partition coefficient (Wildman–Crippen LogP) is 3.95. The average Bonchev–Trinajstić information content (AvgIpc) is 2.94. The van der Waals surface area contributed by atoms with E-state index in [4.69, 9.17) is 0 Å². The van der Waals surface area contributed by atoms with Crippen molar-refractivity contribution in [3.8, 4) is 5.95 Å². The zero-order valence-corrected chi connectivity index (χ0v) is 18.0. The fourth-order valence-corrected chi connectivity index (χ4v) is 3.61. The van der Waals surface area contributed by atoms with Crippen molar-refractivity contribution in [3.63, 3.8) is 0 Å². The number of carbonyl (C=O) groups is 1. The van der Waals surface area contributed by atoms with Crippen LogP contribution in [-0.4, -0.2) is 25.7 Å².